The number of halogens is 1. The lowest BCUT2D eigenvalue weighted by atomic mass is 9.98. The maximum absolute atomic E-state index is 6.32. The largest absolute Gasteiger partial charge is 0.493 e. The monoisotopic (exact) mass is 304 g/mol. The second-order valence-electron chi connectivity index (χ2n) is 4.77. The lowest BCUT2D eigenvalue weighted by molar-refractivity contribution is 0.312. The van der Waals surface area contributed by atoms with Crippen molar-refractivity contribution in [3.8, 4) is 5.75 Å². The molecule has 0 aliphatic rings. The van der Waals surface area contributed by atoms with Crippen LogP contribution in [0.1, 0.15) is 37.4 Å². The van der Waals surface area contributed by atoms with Gasteiger partial charge in [0.2, 0.25) is 0 Å². The highest BCUT2D eigenvalue weighted by atomic mass is 35.5. The van der Waals surface area contributed by atoms with Crippen molar-refractivity contribution in [1.29, 1.82) is 0 Å². The molecular formula is C17H21ClN2O. The Kier molecular flexibility index (Phi) is 6.03. The Balaban J connectivity index is 2.41. The molecule has 1 aromatic carbocycles. The fraction of sp³-hybridized carbons (Fsp3) is 0.353. The summed E-state index contributed by atoms with van der Waals surface area (Å²) < 4.78 is 5.88. The first-order chi connectivity index (χ1) is 10.3. The zero-order valence-corrected chi connectivity index (χ0v) is 13.2. The van der Waals surface area contributed by atoms with Crippen LogP contribution in [0.25, 0.3) is 0 Å². The van der Waals surface area contributed by atoms with Crippen molar-refractivity contribution in [3.63, 3.8) is 0 Å². The van der Waals surface area contributed by atoms with E-state index >= 15 is 0 Å². The summed E-state index contributed by atoms with van der Waals surface area (Å²) in [5.41, 5.74) is 2.11. The number of pyridine rings is 1. The van der Waals surface area contributed by atoms with Gasteiger partial charge in [0.15, 0.2) is 0 Å². The van der Waals surface area contributed by atoms with Crippen LogP contribution < -0.4 is 10.1 Å². The third kappa shape index (κ3) is 3.96. The molecule has 1 N–H and O–H groups in total. The number of hydrogen-bond donors (Lipinski definition) is 1. The second-order valence-corrected chi connectivity index (χ2v) is 5.18. The van der Waals surface area contributed by atoms with E-state index in [2.05, 4.69) is 30.2 Å². The Bertz CT molecular complexity index is 574. The predicted octanol–water partition coefficient (Wildman–Crippen LogP) is 4.22. The molecule has 1 heterocycles. The average Bonchev–Trinajstić information content (AvgIpc) is 2.52. The van der Waals surface area contributed by atoms with Crippen molar-refractivity contribution in [2.75, 3.05) is 13.2 Å². The third-order valence-electron chi connectivity index (χ3n) is 3.21. The second kappa shape index (κ2) is 8.01. The highest BCUT2D eigenvalue weighted by Crippen LogP contribution is 2.33. The first-order valence-corrected chi connectivity index (χ1v) is 7.70. The molecule has 112 valence electrons. The topological polar surface area (TPSA) is 34.1 Å². The summed E-state index contributed by atoms with van der Waals surface area (Å²) in [4.78, 5) is 4.06. The van der Waals surface area contributed by atoms with E-state index in [1.54, 1.807) is 12.4 Å². The normalized spacial score (nSPS) is 12.1. The van der Waals surface area contributed by atoms with E-state index in [9.17, 15) is 0 Å². The van der Waals surface area contributed by atoms with Crippen LogP contribution >= 0.6 is 11.6 Å². The minimum Gasteiger partial charge on any atom is -0.493 e. The molecule has 0 bridgehead atoms. The van der Waals surface area contributed by atoms with Crippen molar-refractivity contribution in [1.82, 2.24) is 10.3 Å². The molecule has 0 aliphatic carbocycles. The minimum atomic E-state index is -0.00134. The first-order valence-electron chi connectivity index (χ1n) is 7.32. The van der Waals surface area contributed by atoms with Gasteiger partial charge in [-0.25, -0.2) is 0 Å². The smallest absolute Gasteiger partial charge is 0.124 e. The molecule has 0 fully saturated rings. The van der Waals surface area contributed by atoms with Gasteiger partial charge in [0.25, 0.3) is 0 Å². The lowest BCUT2D eigenvalue weighted by Crippen LogP contribution is -2.23. The molecule has 0 saturated carbocycles. The number of nitrogens with zero attached hydrogens (tertiary/aromatic N) is 1. The zero-order chi connectivity index (χ0) is 15.1. The van der Waals surface area contributed by atoms with E-state index in [-0.39, 0.29) is 6.04 Å². The van der Waals surface area contributed by atoms with Crippen molar-refractivity contribution in [2.24, 2.45) is 0 Å². The van der Waals surface area contributed by atoms with E-state index in [0.717, 1.165) is 29.8 Å². The van der Waals surface area contributed by atoms with Crippen molar-refractivity contribution in [2.45, 2.75) is 26.3 Å². The fourth-order valence-electron chi connectivity index (χ4n) is 2.27. The van der Waals surface area contributed by atoms with Crippen LogP contribution in [0.15, 0.2) is 42.7 Å². The van der Waals surface area contributed by atoms with E-state index in [1.807, 2.05) is 24.3 Å². The predicted molar refractivity (Wildman–Crippen MR) is 87.0 cm³/mol. The summed E-state index contributed by atoms with van der Waals surface area (Å²) in [6.07, 6.45) is 4.42. The minimum absolute atomic E-state index is 0.00134. The molecule has 2 rings (SSSR count). The summed E-state index contributed by atoms with van der Waals surface area (Å²) in [5.74, 6) is 0.901. The van der Waals surface area contributed by atoms with Gasteiger partial charge < -0.3 is 10.1 Å². The van der Waals surface area contributed by atoms with Gasteiger partial charge in [-0.05, 0) is 30.7 Å². The van der Waals surface area contributed by atoms with Crippen LogP contribution in [0.2, 0.25) is 5.02 Å². The molecule has 0 radical (unpaired) electrons. The highest BCUT2D eigenvalue weighted by Gasteiger charge is 2.19. The van der Waals surface area contributed by atoms with Gasteiger partial charge in [0.05, 0.1) is 17.7 Å². The van der Waals surface area contributed by atoms with Gasteiger partial charge in [-0.1, -0.05) is 43.6 Å². The highest BCUT2D eigenvalue weighted by molar-refractivity contribution is 6.31. The summed E-state index contributed by atoms with van der Waals surface area (Å²) in [6, 6.07) is 10.0. The number of para-hydroxylation sites is 1. The molecule has 4 heteroatoms. The van der Waals surface area contributed by atoms with E-state index in [0.29, 0.717) is 11.6 Å². The summed E-state index contributed by atoms with van der Waals surface area (Å²) in [6.45, 7) is 5.73. The van der Waals surface area contributed by atoms with Gasteiger partial charge >= 0.3 is 0 Å². The number of hydrogen-bond acceptors (Lipinski definition) is 3. The third-order valence-corrected chi connectivity index (χ3v) is 3.53. The van der Waals surface area contributed by atoms with Crippen molar-refractivity contribution < 1.29 is 4.74 Å². The number of nitrogens with one attached hydrogen (secondary N) is 1. The molecular weight excluding hydrogens is 284 g/mol. The zero-order valence-electron chi connectivity index (χ0n) is 12.5. The molecule has 0 spiro atoms. The SMILES string of the molecule is CCCOc1ccccc1C(NCC)c1ccncc1Cl. The molecule has 1 atom stereocenters. The maximum Gasteiger partial charge on any atom is 0.124 e. The van der Waals surface area contributed by atoms with Crippen molar-refractivity contribution in [3.05, 3.63) is 58.9 Å². The molecule has 3 nitrogen and oxygen atoms in total. The van der Waals surface area contributed by atoms with Crippen LogP contribution in [-0.2, 0) is 0 Å². The summed E-state index contributed by atoms with van der Waals surface area (Å²) in [7, 11) is 0. The van der Waals surface area contributed by atoms with Gasteiger partial charge in [0.1, 0.15) is 5.75 Å². The van der Waals surface area contributed by atoms with Crippen LogP contribution in [0.4, 0.5) is 0 Å². The maximum atomic E-state index is 6.32. The first kappa shape index (κ1) is 15.8. The standard InChI is InChI=1S/C17H21ClN2O/c1-3-11-21-16-8-6-5-7-14(16)17(20-4-2)13-9-10-19-12-15(13)18/h5-10,12,17,20H,3-4,11H2,1-2H3. The summed E-state index contributed by atoms with van der Waals surface area (Å²) in [5, 5.41) is 4.14. The molecule has 0 aliphatic heterocycles. The molecule has 1 aromatic heterocycles. The van der Waals surface area contributed by atoms with E-state index in [1.165, 1.54) is 0 Å². The lowest BCUT2D eigenvalue weighted by Gasteiger charge is -2.22. The van der Waals surface area contributed by atoms with Crippen molar-refractivity contribution >= 4 is 11.6 Å². The molecule has 21 heavy (non-hydrogen) atoms. The molecule has 1 unspecified atom stereocenters. The number of rotatable bonds is 7. The van der Waals surface area contributed by atoms with Gasteiger partial charge in [-0.3, -0.25) is 4.98 Å². The van der Waals surface area contributed by atoms with Gasteiger partial charge in [-0.15, -0.1) is 0 Å². The quantitative estimate of drug-likeness (QED) is 0.831. The number of ether oxygens (including phenoxy) is 1. The number of aromatic nitrogens is 1. The van der Waals surface area contributed by atoms with Crippen LogP contribution in [-0.4, -0.2) is 18.1 Å². The Morgan fingerprint density at radius 3 is 2.71 bits per heavy atom. The van der Waals surface area contributed by atoms with Gasteiger partial charge in [-0.2, -0.15) is 0 Å². The molecule has 0 saturated heterocycles. The molecule has 2 aromatic rings. The van der Waals surface area contributed by atoms with Crippen LogP contribution in [0.5, 0.6) is 5.75 Å². The van der Waals surface area contributed by atoms with E-state index < -0.39 is 0 Å². The summed E-state index contributed by atoms with van der Waals surface area (Å²) >= 11 is 6.32. The van der Waals surface area contributed by atoms with Crippen LogP contribution in [0, 0.1) is 0 Å². The van der Waals surface area contributed by atoms with E-state index in [4.69, 9.17) is 16.3 Å². The Hall–Kier alpha value is -1.58. The number of benzene rings is 1. The Labute approximate surface area is 131 Å². The van der Waals surface area contributed by atoms with Crippen LogP contribution in [0.3, 0.4) is 0 Å². The van der Waals surface area contributed by atoms with Gasteiger partial charge in [0, 0.05) is 18.0 Å². The fourth-order valence-corrected chi connectivity index (χ4v) is 2.50. The Morgan fingerprint density at radius 1 is 1.19 bits per heavy atom. The average molecular weight is 305 g/mol. The Morgan fingerprint density at radius 2 is 2.00 bits per heavy atom. The molecule has 0 amide bonds.